The SMILES string of the molecule is Cc1nc(N2CCCCC2)sc1C(=O)c1ccc(NN2C(=O)NC3(CCC(C)CC3)C2=O)c([N+](=O)[O-])c1. The lowest BCUT2D eigenvalue weighted by atomic mass is 9.77. The Hall–Kier alpha value is -3.54. The second kappa shape index (κ2) is 9.73. The van der Waals surface area contributed by atoms with Crippen LogP contribution < -0.4 is 15.6 Å². The Kier molecular flexibility index (Phi) is 6.61. The zero-order valence-electron chi connectivity index (χ0n) is 20.9. The Morgan fingerprint density at radius 1 is 1.22 bits per heavy atom. The lowest BCUT2D eigenvalue weighted by molar-refractivity contribution is -0.384. The minimum atomic E-state index is -0.975. The highest BCUT2D eigenvalue weighted by Crippen LogP contribution is 2.37. The second-order valence-corrected chi connectivity index (χ2v) is 11.2. The third-order valence-corrected chi connectivity index (χ3v) is 8.81. The average Bonchev–Trinajstić information content (AvgIpc) is 3.39. The maximum atomic E-state index is 13.3. The van der Waals surface area contributed by atoms with Crippen LogP contribution in [0, 0.1) is 23.0 Å². The van der Waals surface area contributed by atoms with E-state index in [1.165, 1.54) is 36.0 Å². The molecule has 1 aromatic carbocycles. The number of anilines is 2. The average molecular weight is 527 g/mol. The first-order valence-corrected chi connectivity index (χ1v) is 13.5. The third-order valence-electron chi connectivity index (χ3n) is 7.60. The minimum Gasteiger partial charge on any atom is -0.348 e. The molecule has 12 heteroatoms. The highest BCUT2D eigenvalue weighted by atomic mass is 32.1. The van der Waals surface area contributed by atoms with Gasteiger partial charge in [0.2, 0.25) is 5.78 Å². The maximum absolute atomic E-state index is 13.3. The summed E-state index contributed by atoms with van der Waals surface area (Å²) in [5.74, 6) is -0.316. The third kappa shape index (κ3) is 4.65. The number of aryl methyl sites for hydroxylation is 1. The van der Waals surface area contributed by atoms with E-state index in [-0.39, 0.29) is 17.0 Å². The summed E-state index contributed by atoms with van der Waals surface area (Å²) in [7, 11) is 0. The van der Waals surface area contributed by atoms with Crippen LogP contribution in [0.5, 0.6) is 0 Å². The van der Waals surface area contributed by atoms with E-state index in [4.69, 9.17) is 0 Å². The van der Waals surface area contributed by atoms with Gasteiger partial charge in [0.15, 0.2) is 5.13 Å². The minimum absolute atomic E-state index is 0.0405. The molecule has 1 saturated carbocycles. The van der Waals surface area contributed by atoms with Crippen LogP contribution in [-0.2, 0) is 4.79 Å². The van der Waals surface area contributed by atoms with Crippen LogP contribution in [0.4, 0.5) is 21.3 Å². The van der Waals surface area contributed by atoms with Crippen molar-refractivity contribution in [3.05, 3.63) is 44.4 Å². The molecule has 3 amide bonds. The summed E-state index contributed by atoms with van der Waals surface area (Å²) >= 11 is 1.30. The van der Waals surface area contributed by atoms with Gasteiger partial charge in [-0.2, -0.15) is 5.01 Å². The van der Waals surface area contributed by atoms with Crippen LogP contribution >= 0.6 is 11.3 Å². The monoisotopic (exact) mass is 526 g/mol. The van der Waals surface area contributed by atoms with E-state index in [9.17, 15) is 24.5 Å². The van der Waals surface area contributed by atoms with E-state index in [0.29, 0.717) is 29.3 Å². The molecule has 3 fully saturated rings. The smallest absolute Gasteiger partial charge is 0.344 e. The molecule has 0 atom stereocenters. The number of urea groups is 1. The van der Waals surface area contributed by atoms with E-state index >= 15 is 0 Å². The lowest BCUT2D eigenvalue weighted by Gasteiger charge is -2.33. The van der Waals surface area contributed by atoms with Crippen LogP contribution in [0.2, 0.25) is 0 Å². The molecule has 1 aliphatic carbocycles. The molecule has 3 aliphatic rings. The van der Waals surface area contributed by atoms with Gasteiger partial charge < -0.3 is 10.2 Å². The Labute approximate surface area is 218 Å². The Morgan fingerprint density at radius 2 is 1.92 bits per heavy atom. The van der Waals surface area contributed by atoms with Gasteiger partial charge >= 0.3 is 6.03 Å². The van der Waals surface area contributed by atoms with Crippen molar-refractivity contribution in [3.63, 3.8) is 0 Å². The number of nitrogens with zero attached hydrogens (tertiary/aromatic N) is 4. The van der Waals surface area contributed by atoms with Crippen LogP contribution in [-0.4, -0.2) is 51.3 Å². The van der Waals surface area contributed by atoms with Gasteiger partial charge in [-0.1, -0.05) is 18.3 Å². The molecule has 196 valence electrons. The first kappa shape index (κ1) is 25.1. The highest BCUT2D eigenvalue weighted by molar-refractivity contribution is 7.17. The number of carbonyl (C=O) groups excluding carboxylic acids is 3. The summed E-state index contributed by atoms with van der Waals surface area (Å²) in [6.07, 6.45) is 6.03. The van der Waals surface area contributed by atoms with Crippen LogP contribution in [0.25, 0.3) is 0 Å². The number of thiazole rings is 1. The number of ketones is 1. The van der Waals surface area contributed by atoms with Crippen LogP contribution in [0.15, 0.2) is 18.2 Å². The fourth-order valence-corrected chi connectivity index (χ4v) is 6.38. The van der Waals surface area contributed by atoms with Crippen molar-refractivity contribution in [1.29, 1.82) is 0 Å². The van der Waals surface area contributed by atoms with Crippen molar-refractivity contribution in [2.75, 3.05) is 23.4 Å². The molecule has 3 heterocycles. The normalized spacial score (nSPS) is 23.9. The number of nitrogens with one attached hydrogen (secondary N) is 2. The summed E-state index contributed by atoms with van der Waals surface area (Å²) < 4.78 is 0. The zero-order chi connectivity index (χ0) is 26.3. The number of hydrogen-bond donors (Lipinski definition) is 2. The van der Waals surface area contributed by atoms with Gasteiger partial charge in [0.05, 0.1) is 15.5 Å². The standard InChI is InChI=1S/C25H30N6O5S/c1-15-8-10-25(11-9-15)22(33)30(23(34)27-25)28-18-7-6-17(14-19(18)31(35)36)20(32)21-16(2)26-24(37-21)29-12-4-3-5-13-29/h6-7,14-15,28H,3-5,8-13H2,1-2H3,(H,27,34). The quantitative estimate of drug-likeness (QED) is 0.244. The molecule has 11 nitrogen and oxygen atoms in total. The van der Waals surface area contributed by atoms with E-state index in [2.05, 4.69) is 27.6 Å². The van der Waals surface area contributed by atoms with Gasteiger partial charge in [-0.3, -0.25) is 25.1 Å². The summed E-state index contributed by atoms with van der Waals surface area (Å²) in [6.45, 7) is 5.67. The fourth-order valence-electron chi connectivity index (χ4n) is 5.30. The summed E-state index contributed by atoms with van der Waals surface area (Å²) in [5.41, 5.74) is 1.96. The number of benzene rings is 1. The maximum Gasteiger partial charge on any atom is 0.344 e. The van der Waals surface area contributed by atoms with E-state index in [0.717, 1.165) is 48.9 Å². The Morgan fingerprint density at radius 3 is 2.59 bits per heavy atom. The molecular formula is C25H30N6O5S. The second-order valence-electron chi connectivity index (χ2n) is 10.2. The van der Waals surface area contributed by atoms with E-state index in [1.807, 2.05) is 0 Å². The van der Waals surface area contributed by atoms with Crippen LogP contribution in [0.1, 0.15) is 72.8 Å². The predicted molar refractivity (Wildman–Crippen MR) is 139 cm³/mol. The van der Waals surface area contributed by atoms with Gasteiger partial charge in [0, 0.05) is 24.7 Å². The Bertz CT molecular complexity index is 1260. The molecule has 1 aromatic heterocycles. The molecule has 1 spiro atoms. The summed E-state index contributed by atoms with van der Waals surface area (Å²) in [5, 5.41) is 16.3. The number of hydrazine groups is 1. The molecule has 2 saturated heterocycles. The van der Waals surface area contributed by atoms with Crippen molar-refractivity contribution in [2.45, 2.75) is 64.3 Å². The summed E-state index contributed by atoms with van der Waals surface area (Å²) in [6, 6.07) is 3.37. The first-order valence-electron chi connectivity index (χ1n) is 12.7. The number of rotatable bonds is 6. The number of carbonyl (C=O) groups is 3. The molecule has 37 heavy (non-hydrogen) atoms. The highest BCUT2D eigenvalue weighted by Gasteiger charge is 2.52. The predicted octanol–water partition coefficient (Wildman–Crippen LogP) is 4.41. The largest absolute Gasteiger partial charge is 0.348 e. The molecule has 2 aliphatic heterocycles. The van der Waals surface area contributed by atoms with Gasteiger partial charge in [-0.25, -0.2) is 9.78 Å². The van der Waals surface area contributed by atoms with E-state index < -0.39 is 28.1 Å². The summed E-state index contributed by atoms with van der Waals surface area (Å²) in [4.78, 5) is 57.6. The lowest BCUT2D eigenvalue weighted by Crippen LogP contribution is -2.49. The number of piperidine rings is 1. The van der Waals surface area contributed by atoms with Crippen molar-refractivity contribution in [1.82, 2.24) is 15.3 Å². The fraction of sp³-hybridized carbons (Fsp3) is 0.520. The van der Waals surface area contributed by atoms with Crippen LogP contribution in [0.3, 0.4) is 0 Å². The van der Waals surface area contributed by atoms with Gasteiger partial charge in [-0.15, -0.1) is 0 Å². The number of imide groups is 1. The molecule has 5 rings (SSSR count). The molecular weight excluding hydrogens is 496 g/mol. The van der Waals surface area contributed by atoms with Crippen molar-refractivity contribution < 1.29 is 19.3 Å². The van der Waals surface area contributed by atoms with Crippen molar-refractivity contribution in [3.8, 4) is 0 Å². The van der Waals surface area contributed by atoms with Crippen molar-refractivity contribution >= 4 is 45.6 Å². The van der Waals surface area contributed by atoms with Gasteiger partial charge in [0.1, 0.15) is 11.2 Å². The number of amides is 3. The number of hydrogen-bond acceptors (Lipinski definition) is 9. The number of aromatic nitrogens is 1. The van der Waals surface area contributed by atoms with Gasteiger partial charge in [-0.05, 0) is 69.9 Å². The van der Waals surface area contributed by atoms with E-state index in [1.54, 1.807) is 6.92 Å². The topological polar surface area (TPSA) is 138 Å². The van der Waals surface area contributed by atoms with Gasteiger partial charge in [0.25, 0.3) is 11.6 Å². The zero-order valence-corrected chi connectivity index (χ0v) is 21.7. The Balaban J connectivity index is 1.38. The first-order chi connectivity index (χ1) is 17.7. The molecule has 0 bridgehead atoms. The molecule has 2 aromatic rings. The number of nitro benzene ring substituents is 1. The number of nitro groups is 1. The molecule has 0 unspecified atom stereocenters. The molecule has 2 N–H and O–H groups in total. The molecule has 0 radical (unpaired) electrons. The van der Waals surface area contributed by atoms with Crippen molar-refractivity contribution in [2.24, 2.45) is 5.92 Å².